The van der Waals surface area contributed by atoms with E-state index >= 15 is 0 Å². The Kier molecular flexibility index (Phi) is 4.18. The summed E-state index contributed by atoms with van der Waals surface area (Å²) in [6.07, 6.45) is 2.42. The SMILES string of the molecule is COc1ccc(C(=O)CN2CCCC2)cc1Br. The molecule has 1 heterocycles. The summed E-state index contributed by atoms with van der Waals surface area (Å²) in [6, 6.07) is 5.47. The summed E-state index contributed by atoms with van der Waals surface area (Å²) in [5.74, 6) is 0.929. The van der Waals surface area contributed by atoms with E-state index in [0.717, 1.165) is 28.9 Å². The van der Waals surface area contributed by atoms with Crippen molar-refractivity contribution in [3.63, 3.8) is 0 Å². The predicted octanol–water partition coefficient (Wildman–Crippen LogP) is 2.74. The van der Waals surface area contributed by atoms with Crippen LogP contribution in [0.2, 0.25) is 0 Å². The summed E-state index contributed by atoms with van der Waals surface area (Å²) in [5, 5.41) is 0. The highest BCUT2D eigenvalue weighted by Gasteiger charge is 2.16. The van der Waals surface area contributed by atoms with Crippen molar-refractivity contribution in [1.29, 1.82) is 0 Å². The average molecular weight is 298 g/mol. The van der Waals surface area contributed by atoms with Crippen LogP contribution in [0.15, 0.2) is 22.7 Å². The van der Waals surface area contributed by atoms with E-state index < -0.39 is 0 Å². The first kappa shape index (κ1) is 12.6. The van der Waals surface area contributed by atoms with Crippen molar-refractivity contribution >= 4 is 21.7 Å². The molecule has 1 saturated heterocycles. The third-order valence-electron chi connectivity index (χ3n) is 3.04. The van der Waals surface area contributed by atoms with Crippen LogP contribution in [0.25, 0.3) is 0 Å². The number of Topliss-reactive ketones (excluding diaryl/α,β-unsaturated/α-hetero) is 1. The molecule has 0 unspecified atom stereocenters. The molecule has 1 aliphatic heterocycles. The highest BCUT2D eigenvalue weighted by atomic mass is 79.9. The van der Waals surface area contributed by atoms with Crippen molar-refractivity contribution in [1.82, 2.24) is 4.90 Å². The molecular formula is C13H16BrNO2. The largest absolute Gasteiger partial charge is 0.496 e. The topological polar surface area (TPSA) is 29.5 Å². The van der Waals surface area contributed by atoms with Crippen molar-refractivity contribution < 1.29 is 9.53 Å². The third kappa shape index (κ3) is 3.07. The van der Waals surface area contributed by atoms with Gasteiger partial charge in [0.2, 0.25) is 0 Å². The Morgan fingerprint density at radius 1 is 1.41 bits per heavy atom. The third-order valence-corrected chi connectivity index (χ3v) is 3.66. The average Bonchev–Trinajstić information content (AvgIpc) is 2.81. The van der Waals surface area contributed by atoms with Crippen LogP contribution in [-0.2, 0) is 0 Å². The standard InChI is InChI=1S/C13H16BrNO2/c1-17-13-5-4-10(8-11(13)14)12(16)9-15-6-2-3-7-15/h4-5,8H,2-3,6-7,9H2,1H3. The molecule has 0 N–H and O–H groups in total. The lowest BCUT2D eigenvalue weighted by atomic mass is 10.1. The van der Waals surface area contributed by atoms with Crippen molar-refractivity contribution in [2.45, 2.75) is 12.8 Å². The van der Waals surface area contributed by atoms with Crippen LogP contribution in [0.3, 0.4) is 0 Å². The molecule has 3 nitrogen and oxygen atoms in total. The van der Waals surface area contributed by atoms with Crippen molar-refractivity contribution in [2.75, 3.05) is 26.7 Å². The van der Waals surface area contributed by atoms with Crippen LogP contribution in [0.1, 0.15) is 23.2 Å². The number of rotatable bonds is 4. The number of methoxy groups -OCH3 is 1. The van der Waals surface area contributed by atoms with Crippen molar-refractivity contribution in [3.05, 3.63) is 28.2 Å². The van der Waals surface area contributed by atoms with E-state index in [2.05, 4.69) is 20.8 Å². The molecule has 4 heteroatoms. The lowest BCUT2D eigenvalue weighted by molar-refractivity contribution is 0.0945. The van der Waals surface area contributed by atoms with E-state index in [9.17, 15) is 4.79 Å². The Hall–Kier alpha value is -0.870. The summed E-state index contributed by atoms with van der Waals surface area (Å²) in [5.41, 5.74) is 0.740. The fourth-order valence-corrected chi connectivity index (χ4v) is 2.62. The summed E-state index contributed by atoms with van der Waals surface area (Å²) in [6.45, 7) is 2.62. The molecular weight excluding hydrogens is 282 g/mol. The number of halogens is 1. The fraction of sp³-hybridized carbons (Fsp3) is 0.462. The van der Waals surface area contributed by atoms with Gasteiger partial charge in [0.05, 0.1) is 18.1 Å². The maximum atomic E-state index is 12.0. The molecule has 17 heavy (non-hydrogen) atoms. The summed E-state index contributed by atoms with van der Waals surface area (Å²) in [7, 11) is 1.62. The zero-order valence-electron chi connectivity index (χ0n) is 9.91. The lowest BCUT2D eigenvalue weighted by Crippen LogP contribution is -2.26. The number of benzene rings is 1. The van der Waals surface area contributed by atoms with Gasteiger partial charge in [-0.2, -0.15) is 0 Å². The van der Waals surface area contributed by atoms with Gasteiger partial charge in [0.25, 0.3) is 0 Å². The van der Waals surface area contributed by atoms with Gasteiger partial charge in [0, 0.05) is 5.56 Å². The Morgan fingerprint density at radius 3 is 2.71 bits per heavy atom. The second-order valence-electron chi connectivity index (χ2n) is 4.26. The van der Waals surface area contributed by atoms with Crippen molar-refractivity contribution in [2.24, 2.45) is 0 Å². The van der Waals surface area contributed by atoms with E-state index in [1.807, 2.05) is 18.2 Å². The van der Waals surface area contributed by atoms with Crippen LogP contribution >= 0.6 is 15.9 Å². The molecule has 0 saturated carbocycles. The normalized spacial score (nSPS) is 16.1. The number of likely N-dealkylation sites (tertiary alicyclic amines) is 1. The molecule has 0 aromatic heterocycles. The Bertz CT molecular complexity index is 414. The number of hydrogen-bond donors (Lipinski definition) is 0. The van der Waals surface area contributed by atoms with Crippen LogP contribution in [-0.4, -0.2) is 37.4 Å². The van der Waals surface area contributed by atoms with E-state index in [1.165, 1.54) is 12.8 Å². The maximum Gasteiger partial charge on any atom is 0.176 e. The van der Waals surface area contributed by atoms with Crippen LogP contribution in [0, 0.1) is 0 Å². The zero-order chi connectivity index (χ0) is 12.3. The summed E-state index contributed by atoms with van der Waals surface area (Å²) < 4.78 is 5.97. The van der Waals surface area contributed by atoms with Gasteiger partial charge in [-0.3, -0.25) is 9.69 Å². The second-order valence-corrected chi connectivity index (χ2v) is 5.11. The van der Waals surface area contributed by atoms with Crippen molar-refractivity contribution in [3.8, 4) is 5.75 Å². The van der Waals surface area contributed by atoms with Gasteiger partial charge in [-0.15, -0.1) is 0 Å². The van der Waals surface area contributed by atoms with E-state index in [1.54, 1.807) is 7.11 Å². The number of carbonyl (C=O) groups excluding carboxylic acids is 1. The van der Waals surface area contributed by atoms with Gasteiger partial charge in [-0.25, -0.2) is 0 Å². The summed E-state index contributed by atoms with van der Waals surface area (Å²) in [4.78, 5) is 14.3. The zero-order valence-corrected chi connectivity index (χ0v) is 11.5. The fourth-order valence-electron chi connectivity index (χ4n) is 2.07. The highest BCUT2D eigenvalue weighted by Crippen LogP contribution is 2.25. The quantitative estimate of drug-likeness (QED) is 0.801. The first-order valence-corrected chi connectivity index (χ1v) is 6.59. The molecule has 0 spiro atoms. The number of carbonyl (C=O) groups is 1. The molecule has 1 aliphatic rings. The molecule has 1 aromatic rings. The lowest BCUT2D eigenvalue weighted by Gasteiger charge is -2.13. The van der Waals surface area contributed by atoms with Crippen LogP contribution in [0.4, 0.5) is 0 Å². The first-order valence-electron chi connectivity index (χ1n) is 5.80. The number of hydrogen-bond acceptors (Lipinski definition) is 3. The van der Waals surface area contributed by atoms with Crippen LogP contribution in [0.5, 0.6) is 5.75 Å². The smallest absolute Gasteiger partial charge is 0.176 e. The van der Waals surface area contributed by atoms with Gasteiger partial charge in [0.15, 0.2) is 5.78 Å². The molecule has 2 rings (SSSR count). The van der Waals surface area contributed by atoms with E-state index in [4.69, 9.17) is 4.74 Å². The maximum absolute atomic E-state index is 12.0. The van der Waals surface area contributed by atoms with E-state index in [-0.39, 0.29) is 5.78 Å². The van der Waals surface area contributed by atoms with E-state index in [0.29, 0.717) is 6.54 Å². The molecule has 1 fully saturated rings. The van der Waals surface area contributed by atoms with Crippen LogP contribution < -0.4 is 4.74 Å². The molecule has 0 atom stereocenters. The molecule has 0 bridgehead atoms. The van der Waals surface area contributed by atoms with Gasteiger partial charge >= 0.3 is 0 Å². The Morgan fingerprint density at radius 2 is 2.12 bits per heavy atom. The Balaban J connectivity index is 2.05. The number of ketones is 1. The first-order chi connectivity index (χ1) is 8.20. The monoisotopic (exact) mass is 297 g/mol. The minimum Gasteiger partial charge on any atom is -0.496 e. The van der Waals surface area contributed by atoms with Gasteiger partial charge in [0.1, 0.15) is 5.75 Å². The summed E-state index contributed by atoms with van der Waals surface area (Å²) >= 11 is 3.40. The molecule has 92 valence electrons. The minimum atomic E-state index is 0.176. The molecule has 1 aromatic carbocycles. The number of nitrogens with zero attached hydrogens (tertiary/aromatic N) is 1. The molecule has 0 amide bonds. The molecule has 0 radical (unpaired) electrons. The van der Waals surface area contributed by atoms with Gasteiger partial charge < -0.3 is 4.74 Å². The predicted molar refractivity (Wildman–Crippen MR) is 70.7 cm³/mol. The minimum absolute atomic E-state index is 0.176. The highest BCUT2D eigenvalue weighted by molar-refractivity contribution is 9.10. The Labute approximate surface area is 110 Å². The second kappa shape index (κ2) is 5.65. The van der Waals surface area contributed by atoms with Gasteiger partial charge in [-0.1, -0.05) is 0 Å². The van der Waals surface area contributed by atoms with Gasteiger partial charge in [-0.05, 0) is 60.1 Å². The molecule has 0 aliphatic carbocycles. The number of ether oxygens (including phenoxy) is 1.